The van der Waals surface area contributed by atoms with Crippen molar-refractivity contribution in [1.82, 2.24) is 4.90 Å². The Kier molecular flexibility index (Phi) is 22.3. The maximum Gasteiger partial charge on any atom is 0.120 e. The predicted molar refractivity (Wildman–Crippen MR) is 254 cm³/mol. The van der Waals surface area contributed by atoms with Crippen molar-refractivity contribution in [1.29, 1.82) is 0 Å². The highest BCUT2D eigenvalue weighted by Gasteiger charge is 2.35. The zero-order chi connectivity index (χ0) is 44.9. The molecule has 1 atom stereocenters. The molecule has 344 valence electrons. The molecule has 0 amide bonds. The van der Waals surface area contributed by atoms with E-state index in [9.17, 15) is 20.4 Å². The van der Waals surface area contributed by atoms with Gasteiger partial charge in [0, 0.05) is 19.1 Å². The Balaban J connectivity index is 1.85. The summed E-state index contributed by atoms with van der Waals surface area (Å²) < 4.78 is 13.1. The number of hydrogen-bond acceptors (Lipinski definition) is 7. The summed E-state index contributed by atoms with van der Waals surface area (Å²) in [5.74, 6) is 1.41. The molecule has 0 bridgehead atoms. The molecule has 4 N–H and O–H groups in total. The number of ether oxygens (including phenoxy) is 2. The number of hydrogen-bond donors (Lipinski definition) is 4. The first-order valence-corrected chi connectivity index (χ1v) is 24.5. The Labute approximate surface area is 372 Å². The van der Waals surface area contributed by atoms with E-state index >= 15 is 0 Å². The second-order valence-electron chi connectivity index (χ2n) is 18.1. The summed E-state index contributed by atoms with van der Waals surface area (Å²) >= 11 is 0. The van der Waals surface area contributed by atoms with Gasteiger partial charge in [-0.05, 0) is 135 Å². The van der Waals surface area contributed by atoms with E-state index in [1.54, 1.807) is 0 Å². The fraction of sp³-hybridized carbons (Fsp3) is 0.667. The fourth-order valence-electron chi connectivity index (χ4n) is 9.76. The van der Waals surface area contributed by atoms with Crippen LogP contribution in [0.1, 0.15) is 212 Å². The molecule has 0 saturated heterocycles. The number of nitrogens with zero attached hydrogens (tertiary/aromatic N) is 1. The zero-order valence-electron chi connectivity index (χ0n) is 40.0. The normalized spacial score (nSPS) is 13.2. The Morgan fingerprint density at radius 1 is 0.443 bits per heavy atom. The molecular formula is C54H87NO6. The molecule has 0 fully saturated rings. The molecule has 0 aliphatic heterocycles. The van der Waals surface area contributed by atoms with Gasteiger partial charge in [0.1, 0.15) is 11.5 Å². The van der Waals surface area contributed by atoms with Gasteiger partial charge in [-0.15, -0.1) is 0 Å². The summed E-state index contributed by atoms with van der Waals surface area (Å²) in [6.45, 7) is 21.8. The fourth-order valence-corrected chi connectivity index (χ4v) is 9.76. The van der Waals surface area contributed by atoms with E-state index in [0.717, 1.165) is 99.6 Å². The molecule has 0 spiro atoms. The summed E-state index contributed by atoms with van der Waals surface area (Å²) in [5, 5.41) is 47.8. The number of rotatable bonds is 32. The average molecular weight is 846 g/mol. The van der Waals surface area contributed by atoms with Gasteiger partial charge in [-0.1, -0.05) is 137 Å². The van der Waals surface area contributed by atoms with E-state index in [1.165, 1.54) is 5.56 Å². The third-order valence-electron chi connectivity index (χ3n) is 12.8. The van der Waals surface area contributed by atoms with Crippen LogP contribution in [-0.4, -0.2) is 51.6 Å². The molecule has 0 heterocycles. The van der Waals surface area contributed by atoms with Crippen LogP contribution in [0.3, 0.4) is 0 Å². The van der Waals surface area contributed by atoms with Crippen LogP contribution in [0, 0.1) is 0 Å². The number of benzene rings is 3. The largest absolute Gasteiger partial charge is 0.494 e. The SMILES string of the molecule is CCCC(O)(CCC)c1cc(OCCCN(CCCOc2cc(C(O)(CCC)CCC)cc(C(O)(CCC)CCC)c2)[C@@H](C)c2ccccc2)cc(C(O)(CCC)CCC)c1. The van der Waals surface area contributed by atoms with Gasteiger partial charge in [0.15, 0.2) is 0 Å². The smallest absolute Gasteiger partial charge is 0.120 e. The van der Waals surface area contributed by atoms with Crippen LogP contribution in [0.5, 0.6) is 11.5 Å². The van der Waals surface area contributed by atoms with Gasteiger partial charge in [-0.25, -0.2) is 0 Å². The van der Waals surface area contributed by atoms with Gasteiger partial charge in [0.2, 0.25) is 0 Å². The molecule has 0 aliphatic carbocycles. The monoisotopic (exact) mass is 846 g/mol. The molecule has 0 unspecified atom stereocenters. The summed E-state index contributed by atoms with van der Waals surface area (Å²) in [7, 11) is 0. The van der Waals surface area contributed by atoms with Crippen molar-refractivity contribution in [2.24, 2.45) is 0 Å². The Morgan fingerprint density at radius 3 is 0.984 bits per heavy atom. The van der Waals surface area contributed by atoms with E-state index in [4.69, 9.17) is 9.47 Å². The van der Waals surface area contributed by atoms with Gasteiger partial charge in [-0.2, -0.15) is 0 Å². The molecule has 3 aromatic rings. The maximum absolute atomic E-state index is 12.0. The van der Waals surface area contributed by atoms with E-state index in [1.807, 2.05) is 36.4 Å². The topological polar surface area (TPSA) is 103 Å². The summed E-state index contributed by atoms with van der Waals surface area (Å²) in [6.07, 6.45) is 13.8. The quantitative estimate of drug-likeness (QED) is 0.0464. The number of aliphatic hydroxyl groups is 4. The van der Waals surface area contributed by atoms with Crippen LogP contribution >= 0.6 is 0 Å². The van der Waals surface area contributed by atoms with Crippen molar-refractivity contribution >= 4 is 0 Å². The van der Waals surface area contributed by atoms with E-state index in [2.05, 4.69) is 97.5 Å². The van der Waals surface area contributed by atoms with Crippen molar-refractivity contribution in [3.05, 3.63) is 94.5 Å². The molecular weight excluding hydrogens is 759 g/mol. The minimum Gasteiger partial charge on any atom is -0.494 e. The lowest BCUT2D eigenvalue weighted by molar-refractivity contribution is 0.00934. The maximum atomic E-state index is 12.0. The van der Waals surface area contributed by atoms with Crippen LogP contribution in [-0.2, 0) is 22.4 Å². The molecule has 7 heteroatoms. The highest BCUT2D eigenvalue weighted by molar-refractivity contribution is 5.41. The highest BCUT2D eigenvalue weighted by atomic mass is 16.5. The van der Waals surface area contributed by atoms with Crippen LogP contribution in [0.4, 0.5) is 0 Å². The summed E-state index contributed by atoms with van der Waals surface area (Å²) in [4.78, 5) is 2.50. The third-order valence-corrected chi connectivity index (χ3v) is 12.8. The minimum absolute atomic E-state index is 0.179. The molecule has 0 aromatic heterocycles. The first kappa shape index (κ1) is 52.4. The molecule has 0 saturated carbocycles. The first-order valence-electron chi connectivity index (χ1n) is 24.5. The van der Waals surface area contributed by atoms with Gasteiger partial charge in [0.05, 0.1) is 35.6 Å². The molecule has 0 aliphatic rings. The van der Waals surface area contributed by atoms with Crippen molar-refractivity contribution < 1.29 is 29.9 Å². The van der Waals surface area contributed by atoms with E-state index in [-0.39, 0.29) is 6.04 Å². The Hall–Kier alpha value is -2.94. The second-order valence-corrected chi connectivity index (χ2v) is 18.1. The van der Waals surface area contributed by atoms with Crippen LogP contribution in [0.2, 0.25) is 0 Å². The van der Waals surface area contributed by atoms with Crippen LogP contribution in [0.15, 0.2) is 66.7 Å². The third kappa shape index (κ3) is 15.1. The van der Waals surface area contributed by atoms with E-state index in [0.29, 0.717) is 76.1 Å². The molecule has 3 aromatic carbocycles. The lowest BCUT2D eigenvalue weighted by atomic mass is 9.80. The Morgan fingerprint density at radius 2 is 0.721 bits per heavy atom. The molecule has 7 nitrogen and oxygen atoms in total. The van der Waals surface area contributed by atoms with Crippen LogP contribution in [0.25, 0.3) is 0 Å². The Bertz CT molecular complexity index is 1450. The molecule has 0 radical (unpaired) electrons. The van der Waals surface area contributed by atoms with E-state index < -0.39 is 22.4 Å². The molecule has 3 rings (SSSR count). The summed E-state index contributed by atoms with van der Waals surface area (Å²) in [6, 6.07) is 22.9. The van der Waals surface area contributed by atoms with Crippen molar-refractivity contribution in [3.63, 3.8) is 0 Å². The predicted octanol–water partition coefficient (Wildman–Crippen LogP) is 13.1. The zero-order valence-corrected chi connectivity index (χ0v) is 40.0. The minimum atomic E-state index is -0.970. The van der Waals surface area contributed by atoms with Crippen molar-refractivity contribution in [2.45, 2.75) is 206 Å². The van der Waals surface area contributed by atoms with Gasteiger partial charge < -0.3 is 29.9 Å². The highest BCUT2D eigenvalue weighted by Crippen LogP contribution is 2.41. The lowest BCUT2D eigenvalue weighted by Gasteiger charge is -2.33. The van der Waals surface area contributed by atoms with Crippen molar-refractivity contribution in [3.8, 4) is 11.5 Å². The standard InChI is InChI=1S/C54H87NO6/c1-10-25-51(56,26-11-2)45-37-46(52(57,27-12-3)28-13-4)40-49(39-45)60-35-21-33-55(43(9)44-23-19-18-20-24-44)34-22-36-61-50-41-47(53(58,29-14-5)30-15-6)38-48(42-50)54(59,31-16-7)32-17-8/h18-20,23-24,37-43,56-59H,10-17,21-22,25-36H2,1-9H3/t43-/m0/s1. The molecule has 61 heavy (non-hydrogen) atoms. The van der Waals surface area contributed by atoms with Gasteiger partial charge in [-0.3, -0.25) is 4.90 Å². The van der Waals surface area contributed by atoms with Gasteiger partial charge in [0.25, 0.3) is 0 Å². The van der Waals surface area contributed by atoms with Crippen LogP contribution < -0.4 is 9.47 Å². The lowest BCUT2D eigenvalue weighted by Crippen LogP contribution is -2.31. The average Bonchev–Trinajstić information content (AvgIpc) is 3.23. The first-order chi connectivity index (χ1) is 29.2. The second kappa shape index (κ2) is 26.0. The van der Waals surface area contributed by atoms with Crippen molar-refractivity contribution in [2.75, 3.05) is 26.3 Å². The van der Waals surface area contributed by atoms with Gasteiger partial charge >= 0.3 is 0 Å². The summed E-state index contributed by atoms with van der Waals surface area (Å²) in [5.41, 5.74) is 0.738.